The van der Waals surface area contributed by atoms with Crippen LogP contribution in [0.4, 0.5) is 17.6 Å². The lowest BCUT2D eigenvalue weighted by Crippen LogP contribution is -2.43. The summed E-state index contributed by atoms with van der Waals surface area (Å²) >= 11 is 0. The van der Waals surface area contributed by atoms with Crippen molar-refractivity contribution < 1.29 is 36.9 Å². The number of carbonyl (C=O) groups excluding carboxylic acids is 1. The van der Waals surface area contributed by atoms with E-state index in [9.17, 15) is 27.5 Å². The van der Waals surface area contributed by atoms with E-state index >= 15 is 0 Å². The number of benzene rings is 2. The largest absolute Gasteiger partial charge is 0.497 e. The monoisotopic (exact) mass is 617 g/mol. The second kappa shape index (κ2) is 13.2. The van der Waals surface area contributed by atoms with Crippen LogP contribution in [0.25, 0.3) is 16.9 Å². The van der Waals surface area contributed by atoms with Crippen molar-refractivity contribution in [1.29, 1.82) is 0 Å². The van der Waals surface area contributed by atoms with Crippen molar-refractivity contribution in [2.24, 2.45) is 0 Å². The second-order valence-corrected chi connectivity index (χ2v) is 10.6. The molecule has 0 bridgehead atoms. The Kier molecular flexibility index (Phi) is 9.79. The summed E-state index contributed by atoms with van der Waals surface area (Å²) in [6.07, 6.45) is -3.68. The molecule has 1 N–H and O–H groups in total. The minimum absolute atomic E-state index is 0.0627. The Morgan fingerprint density at radius 2 is 1.75 bits per heavy atom. The van der Waals surface area contributed by atoms with Crippen LogP contribution in [0.1, 0.15) is 47.1 Å². The number of amides is 1. The van der Waals surface area contributed by atoms with Gasteiger partial charge in [-0.3, -0.25) is 9.69 Å². The first-order valence-corrected chi connectivity index (χ1v) is 13.9. The van der Waals surface area contributed by atoms with Gasteiger partial charge in [-0.2, -0.15) is 18.3 Å². The molecule has 0 saturated heterocycles. The first-order chi connectivity index (χ1) is 20.8. The van der Waals surface area contributed by atoms with E-state index in [0.29, 0.717) is 27.1 Å². The maximum atomic E-state index is 14.4. The summed E-state index contributed by atoms with van der Waals surface area (Å²) in [5.74, 6) is -0.123. The van der Waals surface area contributed by atoms with Crippen molar-refractivity contribution in [1.82, 2.24) is 24.4 Å². The van der Waals surface area contributed by atoms with Crippen molar-refractivity contribution >= 4 is 11.6 Å². The van der Waals surface area contributed by atoms with E-state index in [4.69, 9.17) is 9.47 Å². The SMILES string of the molecule is COc1ccc(-c2nc3c(C(=O)N(CCN(C)C(CO)c4cc(F)ccc4OC)C(C)C)cnn3c(C(F)(F)F)c2C)cc1. The molecule has 1 unspecified atom stereocenters. The van der Waals surface area contributed by atoms with Crippen LogP contribution in [0.3, 0.4) is 0 Å². The molecule has 2 heterocycles. The van der Waals surface area contributed by atoms with E-state index < -0.39 is 29.6 Å². The smallest absolute Gasteiger partial charge is 0.433 e. The van der Waals surface area contributed by atoms with Gasteiger partial charge in [0.1, 0.15) is 22.9 Å². The molecule has 0 aliphatic carbocycles. The third-order valence-electron chi connectivity index (χ3n) is 7.58. The molecule has 1 atom stereocenters. The highest BCUT2D eigenvalue weighted by molar-refractivity contribution is 6.00. The van der Waals surface area contributed by atoms with Gasteiger partial charge < -0.3 is 19.5 Å². The number of aliphatic hydroxyl groups is 1. The number of fused-ring (bicyclic) bond motifs is 1. The van der Waals surface area contributed by atoms with Crippen molar-refractivity contribution in [2.45, 2.75) is 39.0 Å². The van der Waals surface area contributed by atoms with Crippen LogP contribution >= 0.6 is 0 Å². The number of halogens is 4. The molecule has 0 fully saturated rings. The molecule has 13 heteroatoms. The molecule has 9 nitrogen and oxygen atoms in total. The minimum Gasteiger partial charge on any atom is -0.497 e. The number of hydrogen-bond acceptors (Lipinski definition) is 7. The lowest BCUT2D eigenvalue weighted by atomic mass is 10.0. The summed E-state index contributed by atoms with van der Waals surface area (Å²) in [6, 6.07) is 9.45. The number of rotatable bonds is 11. The number of nitrogens with zero attached hydrogens (tertiary/aromatic N) is 5. The van der Waals surface area contributed by atoms with Crippen LogP contribution in [0.5, 0.6) is 11.5 Å². The molecule has 0 saturated carbocycles. The van der Waals surface area contributed by atoms with E-state index in [0.717, 1.165) is 6.20 Å². The third kappa shape index (κ3) is 6.48. The normalized spacial score (nSPS) is 12.7. The molecule has 236 valence electrons. The minimum atomic E-state index is -4.78. The Labute approximate surface area is 252 Å². The van der Waals surface area contributed by atoms with E-state index in [1.807, 2.05) is 0 Å². The van der Waals surface area contributed by atoms with Crippen LogP contribution < -0.4 is 9.47 Å². The van der Waals surface area contributed by atoms with Crippen LogP contribution in [0, 0.1) is 12.7 Å². The van der Waals surface area contributed by atoms with Crippen LogP contribution in [0.2, 0.25) is 0 Å². The lowest BCUT2D eigenvalue weighted by Gasteiger charge is -2.32. The average molecular weight is 618 g/mol. The van der Waals surface area contributed by atoms with Crippen molar-refractivity contribution in [3.05, 3.63) is 76.9 Å². The maximum absolute atomic E-state index is 14.4. The fourth-order valence-corrected chi connectivity index (χ4v) is 5.20. The fraction of sp³-hybridized carbons (Fsp3) is 0.387. The van der Waals surface area contributed by atoms with Crippen LogP contribution in [0.15, 0.2) is 48.7 Å². The van der Waals surface area contributed by atoms with Crippen LogP contribution in [-0.4, -0.2) is 82.4 Å². The molecule has 44 heavy (non-hydrogen) atoms. The predicted octanol–water partition coefficient (Wildman–Crippen LogP) is 5.40. The van der Waals surface area contributed by atoms with Crippen molar-refractivity contribution in [3.8, 4) is 22.8 Å². The summed E-state index contributed by atoms with van der Waals surface area (Å²) in [4.78, 5) is 21.7. The Balaban J connectivity index is 1.70. The maximum Gasteiger partial charge on any atom is 0.433 e. The van der Waals surface area contributed by atoms with Gasteiger partial charge in [-0.1, -0.05) is 0 Å². The predicted molar refractivity (Wildman–Crippen MR) is 156 cm³/mol. The van der Waals surface area contributed by atoms with Crippen molar-refractivity contribution in [3.63, 3.8) is 0 Å². The summed E-state index contributed by atoms with van der Waals surface area (Å²) in [5.41, 5.74) is -0.565. The third-order valence-corrected chi connectivity index (χ3v) is 7.58. The summed E-state index contributed by atoms with van der Waals surface area (Å²) in [5, 5.41) is 14.1. The van der Waals surface area contributed by atoms with Crippen LogP contribution in [-0.2, 0) is 6.18 Å². The number of aromatic nitrogens is 3. The number of ether oxygens (including phenoxy) is 2. The number of alkyl halides is 3. The molecule has 0 radical (unpaired) electrons. The van der Waals surface area contributed by atoms with E-state index in [-0.39, 0.29) is 48.2 Å². The molecule has 4 rings (SSSR count). The molecule has 0 aliphatic rings. The standard InChI is InChI=1S/C31H35F4N5O4/c1-18(2)39(14-13-38(4)25(17-41)23-15-21(32)9-12-26(23)44-6)30(42)24-16-36-40-28(31(33,34)35)19(3)27(37-29(24)40)20-7-10-22(43-5)11-8-20/h7-12,15-16,18,25,41H,13-14,17H2,1-6H3. The highest BCUT2D eigenvalue weighted by atomic mass is 19.4. The lowest BCUT2D eigenvalue weighted by molar-refractivity contribution is -0.143. The Morgan fingerprint density at radius 3 is 2.32 bits per heavy atom. The van der Waals surface area contributed by atoms with Gasteiger partial charge in [-0.15, -0.1) is 0 Å². The second-order valence-electron chi connectivity index (χ2n) is 10.6. The molecule has 2 aromatic carbocycles. The van der Waals surface area contributed by atoms with Gasteiger partial charge in [0.25, 0.3) is 5.91 Å². The number of likely N-dealkylation sites (N-methyl/N-ethyl adjacent to an activating group) is 1. The zero-order chi connectivity index (χ0) is 32.3. The van der Waals surface area contributed by atoms with E-state index in [1.165, 1.54) is 44.2 Å². The number of methoxy groups -OCH3 is 2. The first-order valence-electron chi connectivity index (χ1n) is 13.9. The molecule has 2 aromatic heterocycles. The summed E-state index contributed by atoms with van der Waals surface area (Å²) in [7, 11) is 4.64. The van der Waals surface area contributed by atoms with Gasteiger partial charge in [0.15, 0.2) is 11.3 Å². The fourth-order valence-electron chi connectivity index (χ4n) is 5.20. The molecular formula is C31H35F4N5O4. The number of carbonyl (C=O) groups is 1. The van der Waals surface area contributed by atoms with Crippen molar-refractivity contribution in [2.75, 3.05) is 41.0 Å². The molecule has 0 spiro atoms. The Morgan fingerprint density at radius 1 is 1.07 bits per heavy atom. The quantitative estimate of drug-likeness (QED) is 0.226. The molecular weight excluding hydrogens is 582 g/mol. The Bertz CT molecular complexity index is 1620. The first kappa shape index (κ1) is 32.7. The highest BCUT2D eigenvalue weighted by Gasteiger charge is 2.39. The van der Waals surface area contributed by atoms with Gasteiger partial charge in [0.05, 0.1) is 38.8 Å². The molecule has 0 aliphatic heterocycles. The van der Waals surface area contributed by atoms with Gasteiger partial charge >= 0.3 is 6.18 Å². The zero-order valence-electron chi connectivity index (χ0n) is 25.3. The Hall–Kier alpha value is -4.23. The number of aliphatic hydroxyl groups excluding tert-OH is 1. The molecule has 1 amide bonds. The summed E-state index contributed by atoms with van der Waals surface area (Å²) in [6.45, 7) is 4.92. The van der Waals surface area contributed by atoms with E-state index in [1.54, 1.807) is 50.1 Å². The average Bonchev–Trinajstić information content (AvgIpc) is 3.39. The number of hydrogen-bond donors (Lipinski definition) is 1. The van der Waals surface area contributed by atoms with E-state index in [2.05, 4.69) is 10.1 Å². The van der Waals surface area contributed by atoms with Gasteiger partial charge in [-0.05, 0) is 70.3 Å². The van der Waals surface area contributed by atoms with Gasteiger partial charge in [0, 0.05) is 35.8 Å². The van der Waals surface area contributed by atoms with Gasteiger partial charge in [0.2, 0.25) is 0 Å². The summed E-state index contributed by atoms with van der Waals surface area (Å²) < 4.78 is 68.3. The molecule has 4 aromatic rings. The topological polar surface area (TPSA) is 92.4 Å². The van der Waals surface area contributed by atoms with Gasteiger partial charge in [-0.25, -0.2) is 13.9 Å². The highest BCUT2D eigenvalue weighted by Crippen LogP contribution is 2.37. The zero-order valence-corrected chi connectivity index (χ0v) is 25.3.